The van der Waals surface area contributed by atoms with Gasteiger partial charge < -0.3 is 15.5 Å². The molecule has 0 unspecified atom stereocenters. The number of aromatic nitrogens is 4. The summed E-state index contributed by atoms with van der Waals surface area (Å²) in [4.78, 5) is 11.8. The molecule has 8 nitrogen and oxygen atoms in total. The average molecular weight is 407 g/mol. The van der Waals surface area contributed by atoms with E-state index in [1.165, 1.54) is 25.7 Å². The first-order chi connectivity index (χ1) is 14.8. The van der Waals surface area contributed by atoms with Crippen LogP contribution in [0.1, 0.15) is 44.0 Å². The SMILES string of the molecule is CCNC(=NCc1ccc(N2CCCCCC2)nc1)NCc1nnc2ccccn12. The Morgan fingerprint density at radius 2 is 1.90 bits per heavy atom. The summed E-state index contributed by atoms with van der Waals surface area (Å²) in [5, 5.41) is 15.1. The van der Waals surface area contributed by atoms with E-state index in [1.54, 1.807) is 0 Å². The number of fused-ring (bicyclic) bond motifs is 1. The zero-order valence-electron chi connectivity index (χ0n) is 17.6. The first-order valence-electron chi connectivity index (χ1n) is 10.8. The maximum absolute atomic E-state index is 4.70. The first kappa shape index (κ1) is 20.1. The van der Waals surface area contributed by atoms with Crippen LogP contribution < -0.4 is 15.5 Å². The highest BCUT2D eigenvalue weighted by molar-refractivity contribution is 5.79. The van der Waals surface area contributed by atoms with E-state index >= 15 is 0 Å². The normalized spacial score (nSPS) is 15.2. The monoisotopic (exact) mass is 406 g/mol. The number of guanidine groups is 1. The average Bonchev–Trinajstić information content (AvgIpc) is 3.00. The molecule has 8 heteroatoms. The molecule has 30 heavy (non-hydrogen) atoms. The van der Waals surface area contributed by atoms with Crippen molar-refractivity contribution in [1.82, 2.24) is 30.2 Å². The number of pyridine rings is 2. The van der Waals surface area contributed by atoms with Gasteiger partial charge in [-0.25, -0.2) is 9.98 Å². The van der Waals surface area contributed by atoms with Gasteiger partial charge in [0, 0.05) is 32.0 Å². The van der Waals surface area contributed by atoms with Gasteiger partial charge in [-0.15, -0.1) is 10.2 Å². The minimum absolute atomic E-state index is 0.545. The van der Waals surface area contributed by atoms with E-state index in [0.29, 0.717) is 13.1 Å². The van der Waals surface area contributed by atoms with Crippen LogP contribution in [0.4, 0.5) is 5.82 Å². The standard InChI is InChI=1S/C22H30N8/c1-2-23-22(26-17-21-28-27-20-9-5-8-14-30(20)21)25-16-18-10-11-19(24-15-18)29-12-6-3-4-7-13-29/h5,8-11,14-15H,2-4,6-7,12-13,16-17H2,1H3,(H2,23,25,26). The largest absolute Gasteiger partial charge is 0.357 e. The van der Waals surface area contributed by atoms with Crippen molar-refractivity contribution in [2.45, 2.75) is 45.7 Å². The van der Waals surface area contributed by atoms with Crippen LogP contribution in [0.2, 0.25) is 0 Å². The molecule has 1 saturated heterocycles. The van der Waals surface area contributed by atoms with Gasteiger partial charge in [-0.1, -0.05) is 25.0 Å². The molecule has 0 bridgehead atoms. The molecule has 0 saturated carbocycles. The van der Waals surface area contributed by atoms with Crippen molar-refractivity contribution in [3.63, 3.8) is 0 Å². The second-order valence-electron chi connectivity index (χ2n) is 7.52. The second kappa shape index (κ2) is 10.0. The summed E-state index contributed by atoms with van der Waals surface area (Å²) in [5.74, 6) is 2.68. The van der Waals surface area contributed by atoms with E-state index in [4.69, 9.17) is 4.99 Å². The van der Waals surface area contributed by atoms with Gasteiger partial charge in [-0.2, -0.15) is 0 Å². The summed E-state index contributed by atoms with van der Waals surface area (Å²) >= 11 is 0. The third kappa shape index (κ3) is 5.06. The lowest BCUT2D eigenvalue weighted by Crippen LogP contribution is -2.37. The lowest BCUT2D eigenvalue weighted by atomic mass is 10.2. The van der Waals surface area contributed by atoms with Gasteiger partial charge in [-0.05, 0) is 43.5 Å². The Bertz CT molecular complexity index is 955. The second-order valence-corrected chi connectivity index (χ2v) is 7.52. The van der Waals surface area contributed by atoms with Crippen LogP contribution in [0.15, 0.2) is 47.7 Å². The Morgan fingerprint density at radius 1 is 1.03 bits per heavy atom. The Morgan fingerprint density at radius 3 is 2.67 bits per heavy atom. The van der Waals surface area contributed by atoms with Gasteiger partial charge in [0.1, 0.15) is 5.82 Å². The molecule has 1 fully saturated rings. The van der Waals surface area contributed by atoms with E-state index in [9.17, 15) is 0 Å². The molecule has 1 aliphatic heterocycles. The minimum atomic E-state index is 0.545. The fourth-order valence-electron chi connectivity index (χ4n) is 3.68. The van der Waals surface area contributed by atoms with E-state index in [-0.39, 0.29) is 0 Å². The van der Waals surface area contributed by atoms with Crippen molar-refractivity contribution in [2.24, 2.45) is 4.99 Å². The van der Waals surface area contributed by atoms with E-state index < -0.39 is 0 Å². The van der Waals surface area contributed by atoms with Crippen molar-refractivity contribution in [2.75, 3.05) is 24.5 Å². The lowest BCUT2D eigenvalue weighted by Gasteiger charge is -2.21. The summed E-state index contributed by atoms with van der Waals surface area (Å²) in [7, 11) is 0. The van der Waals surface area contributed by atoms with Crippen molar-refractivity contribution in [3.8, 4) is 0 Å². The minimum Gasteiger partial charge on any atom is -0.357 e. The van der Waals surface area contributed by atoms with Gasteiger partial charge in [0.2, 0.25) is 0 Å². The predicted molar refractivity (Wildman–Crippen MR) is 120 cm³/mol. The number of hydrogen-bond donors (Lipinski definition) is 2. The highest BCUT2D eigenvalue weighted by atomic mass is 15.3. The first-order valence-corrected chi connectivity index (χ1v) is 10.8. The van der Waals surface area contributed by atoms with Crippen molar-refractivity contribution in [1.29, 1.82) is 0 Å². The molecule has 3 aromatic heterocycles. The maximum atomic E-state index is 4.70. The molecule has 0 aliphatic carbocycles. The summed E-state index contributed by atoms with van der Waals surface area (Å²) in [6, 6.07) is 10.1. The molecular weight excluding hydrogens is 376 g/mol. The van der Waals surface area contributed by atoms with Crippen LogP contribution in [-0.4, -0.2) is 45.2 Å². The van der Waals surface area contributed by atoms with Crippen LogP contribution in [0.25, 0.3) is 5.65 Å². The molecule has 158 valence electrons. The number of hydrogen-bond acceptors (Lipinski definition) is 5. The molecule has 0 atom stereocenters. The third-order valence-electron chi connectivity index (χ3n) is 5.30. The highest BCUT2D eigenvalue weighted by Crippen LogP contribution is 2.17. The number of aliphatic imine (C=N–C) groups is 1. The molecule has 0 amide bonds. The van der Waals surface area contributed by atoms with Gasteiger partial charge in [0.15, 0.2) is 17.4 Å². The Labute approximate surface area is 177 Å². The Hall–Kier alpha value is -3.16. The zero-order valence-corrected chi connectivity index (χ0v) is 17.6. The molecule has 4 rings (SSSR count). The molecule has 4 heterocycles. The van der Waals surface area contributed by atoms with Crippen LogP contribution >= 0.6 is 0 Å². The fourth-order valence-corrected chi connectivity index (χ4v) is 3.68. The number of nitrogens with zero attached hydrogens (tertiary/aromatic N) is 6. The summed E-state index contributed by atoms with van der Waals surface area (Å²) in [6.45, 7) is 6.18. The van der Waals surface area contributed by atoms with Gasteiger partial charge in [-0.3, -0.25) is 4.40 Å². The smallest absolute Gasteiger partial charge is 0.191 e. The number of nitrogens with one attached hydrogen (secondary N) is 2. The molecule has 0 spiro atoms. The Kier molecular flexibility index (Phi) is 6.74. The van der Waals surface area contributed by atoms with Crippen molar-refractivity contribution in [3.05, 3.63) is 54.1 Å². The molecule has 0 radical (unpaired) electrons. The zero-order chi connectivity index (χ0) is 20.6. The predicted octanol–water partition coefficient (Wildman–Crippen LogP) is 2.76. The van der Waals surface area contributed by atoms with Crippen molar-refractivity contribution >= 4 is 17.4 Å². The van der Waals surface area contributed by atoms with Gasteiger partial charge in [0.05, 0.1) is 13.1 Å². The van der Waals surface area contributed by atoms with Crippen molar-refractivity contribution < 1.29 is 0 Å². The molecule has 3 aromatic rings. The fraction of sp³-hybridized carbons (Fsp3) is 0.455. The molecular formula is C22H30N8. The maximum Gasteiger partial charge on any atom is 0.191 e. The van der Waals surface area contributed by atoms with Crippen LogP contribution in [-0.2, 0) is 13.1 Å². The van der Waals surface area contributed by atoms with Crippen LogP contribution in [0.3, 0.4) is 0 Å². The number of rotatable bonds is 6. The van der Waals surface area contributed by atoms with Crippen LogP contribution in [0, 0.1) is 0 Å². The quantitative estimate of drug-likeness (QED) is 0.484. The van der Waals surface area contributed by atoms with E-state index in [2.05, 4.69) is 49.8 Å². The molecule has 0 aromatic carbocycles. The summed E-state index contributed by atoms with van der Waals surface area (Å²) < 4.78 is 1.97. The molecule has 1 aliphatic rings. The van der Waals surface area contributed by atoms with Crippen LogP contribution in [0.5, 0.6) is 0 Å². The highest BCUT2D eigenvalue weighted by Gasteiger charge is 2.11. The third-order valence-corrected chi connectivity index (χ3v) is 5.30. The summed E-state index contributed by atoms with van der Waals surface area (Å²) in [5.41, 5.74) is 1.94. The summed E-state index contributed by atoms with van der Waals surface area (Å²) in [6.07, 6.45) is 9.08. The molecule has 2 N–H and O–H groups in total. The lowest BCUT2D eigenvalue weighted by molar-refractivity contribution is 0.726. The topological polar surface area (TPSA) is 82.7 Å². The van der Waals surface area contributed by atoms with Gasteiger partial charge in [0.25, 0.3) is 0 Å². The number of anilines is 1. The Balaban J connectivity index is 1.37. The van der Waals surface area contributed by atoms with E-state index in [0.717, 1.165) is 48.4 Å². The van der Waals surface area contributed by atoms with E-state index in [1.807, 2.05) is 35.0 Å². The van der Waals surface area contributed by atoms with Gasteiger partial charge >= 0.3 is 0 Å².